The fourth-order valence-corrected chi connectivity index (χ4v) is 4.03. The number of ether oxygens (including phenoxy) is 4. The molecule has 3 heterocycles. The predicted octanol–water partition coefficient (Wildman–Crippen LogP) is 2.66. The first-order chi connectivity index (χ1) is 12.3. The van der Waals surface area contributed by atoms with Crippen molar-refractivity contribution >= 4 is 6.08 Å². The molecule has 2 aromatic rings. The summed E-state index contributed by atoms with van der Waals surface area (Å²) in [4.78, 5) is 0. The zero-order chi connectivity index (χ0) is 17.0. The van der Waals surface area contributed by atoms with Gasteiger partial charge in [0.15, 0.2) is 24.2 Å². The van der Waals surface area contributed by atoms with Crippen molar-refractivity contribution < 1.29 is 23.5 Å². The molecule has 0 radical (unpaired) electrons. The summed E-state index contributed by atoms with van der Waals surface area (Å²) in [6.45, 7) is 1.24. The van der Waals surface area contributed by atoms with Gasteiger partial charge in [0.25, 0.3) is 0 Å². The van der Waals surface area contributed by atoms with Crippen LogP contribution in [0.25, 0.3) is 17.3 Å². The summed E-state index contributed by atoms with van der Waals surface area (Å²) in [7, 11) is 3.45. The van der Waals surface area contributed by atoms with E-state index in [2.05, 4.69) is 41.1 Å². The van der Waals surface area contributed by atoms with Crippen LogP contribution in [0.5, 0.6) is 11.5 Å². The Morgan fingerprint density at radius 2 is 1.92 bits per heavy atom. The SMILES string of the molecule is COC1C=Cc2cc3[n+](cc2C1OC)CCc1cc2c(cc1-3)OCO2. The molecule has 128 valence electrons. The standard InChI is InChI=1S/C20H20NO4/c1-22-17-4-3-12-7-16-14-9-19-18(24-11-25-19)8-13(14)5-6-21(16)10-15(12)20(17)23-2/h3-4,7-10,17,20H,5-6,11H2,1-2H3/q+1. The molecule has 0 fully saturated rings. The van der Waals surface area contributed by atoms with Crippen LogP contribution in [0, 0.1) is 0 Å². The van der Waals surface area contributed by atoms with E-state index in [-0.39, 0.29) is 12.2 Å². The number of rotatable bonds is 2. The molecule has 2 atom stereocenters. The maximum atomic E-state index is 5.72. The van der Waals surface area contributed by atoms with Crippen molar-refractivity contribution in [3.05, 3.63) is 47.2 Å². The van der Waals surface area contributed by atoms with E-state index >= 15 is 0 Å². The van der Waals surface area contributed by atoms with Gasteiger partial charge in [0, 0.05) is 26.7 Å². The van der Waals surface area contributed by atoms with Crippen molar-refractivity contribution in [1.82, 2.24) is 0 Å². The van der Waals surface area contributed by atoms with Gasteiger partial charge in [-0.25, -0.2) is 0 Å². The molecule has 1 aliphatic carbocycles. The van der Waals surface area contributed by atoms with Crippen LogP contribution in [0.3, 0.4) is 0 Å². The number of hydrogen-bond donors (Lipinski definition) is 0. The molecule has 1 aromatic carbocycles. The third-order valence-electron chi connectivity index (χ3n) is 5.32. The maximum Gasteiger partial charge on any atom is 0.231 e. The van der Waals surface area contributed by atoms with Gasteiger partial charge in [-0.2, -0.15) is 4.57 Å². The van der Waals surface area contributed by atoms with Crippen molar-refractivity contribution in [3.63, 3.8) is 0 Å². The van der Waals surface area contributed by atoms with Crippen LogP contribution < -0.4 is 14.0 Å². The van der Waals surface area contributed by atoms with Gasteiger partial charge in [0.2, 0.25) is 12.5 Å². The fourth-order valence-electron chi connectivity index (χ4n) is 4.03. The van der Waals surface area contributed by atoms with Gasteiger partial charge in [0.1, 0.15) is 12.2 Å². The Hall–Kier alpha value is -2.37. The highest BCUT2D eigenvalue weighted by atomic mass is 16.7. The van der Waals surface area contributed by atoms with E-state index in [4.69, 9.17) is 18.9 Å². The van der Waals surface area contributed by atoms with Gasteiger partial charge in [-0.15, -0.1) is 0 Å². The smallest absolute Gasteiger partial charge is 0.231 e. The normalized spacial score (nSPS) is 22.3. The van der Waals surface area contributed by atoms with Crippen LogP contribution in [0.1, 0.15) is 22.8 Å². The molecular weight excluding hydrogens is 318 g/mol. The number of hydrogen-bond acceptors (Lipinski definition) is 4. The number of benzene rings is 1. The lowest BCUT2D eigenvalue weighted by Crippen LogP contribution is -2.42. The molecule has 0 spiro atoms. The highest BCUT2D eigenvalue weighted by molar-refractivity contribution is 5.71. The molecular formula is C20H20NO4+. The largest absolute Gasteiger partial charge is 0.454 e. The minimum atomic E-state index is -0.0825. The van der Waals surface area contributed by atoms with E-state index in [9.17, 15) is 0 Å². The number of methoxy groups -OCH3 is 2. The number of nitrogens with zero attached hydrogens (tertiary/aromatic N) is 1. The number of aryl methyl sites for hydroxylation is 2. The van der Waals surface area contributed by atoms with E-state index in [1.165, 1.54) is 27.9 Å². The molecule has 5 nitrogen and oxygen atoms in total. The summed E-state index contributed by atoms with van der Waals surface area (Å²) in [5.74, 6) is 1.68. The van der Waals surface area contributed by atoms with E-state index < -0.39 is 0 Å². The van der Waals surface area contributed by atoms with Gasteiger partial charge in [0.05, 0.1) is 11.1 Å². The maximum absolute atomic E-state index is 5.72. The van der Waals surface area contributed by atoms with Crippen molar-refractivity contribution in [2.75, 3.05) is 21.0 Å². The molecule has 2 unspecified atom stereocenters. The van der Waals surface area contributed by atoms with Gasteiger partial charge < -0.3 is 18.9 Å². The number of pyridine rings is 1. The average Bonchev–Trinajstić information content (AvgIpc) is 3.11. The molecule has 0 saturated heterocycles. The Morgan fingerprint density at radius 1 is 1.08 bits per heavy atom. The summed E-state index contributed by atoms with van der Waals surface area (Å²) in [6, 6.07) is 6.46. The van der Waals surface area contributed by atoms with Crippen LogP contribution >= 0.6 is 0 Å². The van der Waals surface area contributed by atoms with Crippen LogP contribution in [0.2, 0.25) is 0 Å². The summed E-state index contributed by atoms with van der Waals surface area (Å²) in [5.41, 5.74) is 6.08. The average molecular weight is 338 g/mol. The third-order valence-corrected chi connectivity index (χ3v) is 5.32. The molecule has 5 rings (SSSR count). The Bertz CT molecular complexity index is 890. The van der Waals surface area contributed by atoms with E-state index in [1.807, 2.05) is 0 Å². The summed E-state index contributed by atoms with van der Waals surface area (Å²) >= 11 is 0. The first-order valence-corrected chi connectivity index (χ1v) is 8.52. The zero-order valence-corrected chi connectivity index (χ0v) is 14.3. The van der Waals surface area contributed by atoms with Gasteiger partial charge in [-0.3, -0.25) is 0 Å². The summed E-state index contributed by atoms with van der Waals surface area (Å²) in [5, 5.41) is 0. The van der Waals surface area contributed by atoms with Gasteiger partial charge >= 0.3 is 0 Å². The second-order valence-corrected chi connectivity index (χ2v) is 6.59. The lowest BCUT2D eigenvalue weighted by atomic mass is 9.90. The van der Waals surface area contributed by atoms with E-state index in [0.29, 0.717) is 6.79 Å². The fraction of sp³-hybridized carbons (Fsp3) is 0.350. The Balaban J connectivity index is 1.66. The van der Waals surface area contributed by atoms with E-state index in [0.717, 1.165) is 24.5 Å². The van der Waals surface area contributed by atoms with Crippen molar-refractivity contribution in [2.45, 2.75) is 25.2 Å². The van der Waals surface area contributed by atoms with Crippen LogP contribution in [-0.2, 0) is 22.4 Å². The first-order valence-electron chi connectivity index (χ1n) is 8.52. The lowest BCUT2D eigenvalue weighted by molar-refractivity contribution is -0.688. The zero-order valence-electron chi connectivity index (χ0n) is 14.3. The first kappa shape index (κ1) is 14.9. The van der Waals surface area contributed by atoms with E-state index in [1.54, 1.807) is 14.2 Å². The van der Waals surface area contributed by atoms with Crippen molar-refractivity contribution in [2.24, 2.45) is 0 Å². The minimum Gasteiger partial charge on any atom is -0.454 e. The van der Waals surface area contributed by atoms with Crippen LogP contribution in [-0.4, -0.2) is 27.1 Å². The Labute approximate surface area is 146 Å². The molecule has 5 heteroatoms. The molecule has 0 bridgehead atoms. The second-order valence-electron chi connectivity index (χ2n) is 6.59. The quantitative estimate of drug-likeness (QED) is 0.790. The minimum absolute atomic E-state index is 0.0548. The number of aromatic nitrogens is 1. The summed E-state index contributed by atoms with van der Waals surface area (Å²) < 4.78 is 24.7. The monoisotopic (exact) mass is 338 g/mol. The van der Waals surface area contributed by atoms with Gasteiger partial charge in [-0.05, 0) is 23.3 Å². The predicted molar refractivity (Wildman–Crippen MR) is 91.5 cm³/mol. The topological polar surface area (TPSA) is 40.8 Å². The Kier molecular flexibility index (Phi) is 3.33. The molecule has 2 aliphatic heterocycles. The van der Waals surface area contributed by atoms with Crippen molar-refractivity contribution in [1.29, 1.82) is 0 Å². The highest BCUT2D eigenvalue weighted by Gasteiger charge is 2.33. The molecule has 25 heavy (non-hydrogen) atoms. The molecule has 3 aliphatic rings. The third kappa shape index (κ3) is 2.19. The molecule has 0 saturated carbocycles. The number of fused-ring (bicyclic) bond motifs is 5. The Morgan fingerprint density at radius 3 is 2.72 bits per heavy atom. The molecule has 1 aromatic heterocycles. The molecule has 0 N–H and O–H groups in total. The molecule has 0 amide bonds. The van der Waals surface area contributed by atoms with Gasteiger partial charge in [-0.1, -0.05) is 12.2 Å². The highest BCUT2D eigenvalue weighted by Crippen LogP contribution is 2.41. The lowest BCUT2D eigenvalue weighted by Gasteiger charge is -2.27. The van der Waals surface area contributed by atoms with Crippen molar-refractivity contribution in [3.8, 4) is 22.8 Å². The van der Waals surface area contributed by atoms with Crippen LogP contribution in [0.15, 0.2) is 30.5 Å². The second kappa shape index (κ2) is 5.58. The van der Waals surface area contributed by atoms with Crippen LogP contribution in [0.4, 0.5) is 0 Å². The summed E-state index contributed by atoms with van der Waals surface area (Å²) in [6.07, 6.45) is 7.24.